The van der Waals surface area contributed by atoms with Crippen molar-refractivity contribution in [3.05, 3.63) is 27.8 Å². The van der Waals surface area contributed by atoms with E-state index in [-0.39, 0.29) is 0 Å². The minimum absolute atomic E-state index is 0.652. The predicted molar refractivity (Wildman–Crippen MR) is 75.8 cm³/mol. The Balaban J connectivity index is 1.59. The fraction of sp³-hybridized carbons (Fsp3) is 0.538. The van der Waals surface area contributed by atoms with E-state index >= 15 is 0 Å². The molecule has 1 aromatic carbocycles. The van der Waals surface area contributed by atoms with Crippen molar-refractivity contribution in [1.29, 1.82) is 0 Å². The first-order valence-corrected chi connectivity index (χ1v) is 7.15. The van der Waals surface area contributed by atoms with E-state index in [1.165, 1.54) is 41.6 Å². The summed E-state index contributed by atoms with van der Waals surface area (Å²) in [6, 6.07) is 10.2. The molecule has 0 amide bonds. The molecule has 1 N–H and O–H groups in total. The molecule has 86 valence electrons. The third kappa shape index (κ3) is 2.51. The van der Waals surface area contributed by atoms with Gasteiger partial charge in [0, 0.05) is 34.4 Å². The molecule has 1 aromatic rings. The van der Waals surface area contributed by atoms with Crippen LogP contribution in [0, 0.1) is 3.57 Å². The van der Waals surface area contributed by atoms with E-state index in [0.29, 0.717) is 6.04 Å². The Morgan fingerprint density at radius 1 is 1.25 bits per heavy atom. The summed E-state index contributed by atoms with van der Waals surface area (Å²) in [4.78, 5) is 2.64. The van der Waals surface area contributed by atoms with Gasteiger partial charge in [0.1, 0.15) is 0 Å². The van der Waals surface area contributed by atoms with Crippen LogP contribution in [0.4, 0.5) is 5.69 Å². The number of benzene rings is 1. The third-order valence-electron chi connectivity index (χ3n) is 3.48. The van der Waals surface area contributed by atoms with Gasteiger partial charge in [-0.15, -0.1) is 0 Å². The number of likely N-dealkylation sites (tertiary alicyclic amines) is 1. The smallest absolute Gasteiger partial charge is 0.0400 e. The molecule has 1 saturated carbocycles. The molecule has 1 aliphatic carbocycles. The molecule has 2 nitrogen and oxygen atoms in total. The van der Waals surface area contributed by atoms with Crippen molar-refractivity contribution in [3.8, 4) is 0 Å². The maximum absolute atomic E-state index is 3.65. The van der Waals surface area contributed by atoms with Crippen molar-refractivity contribution in [2.24, 2.45) is 0 Å². The first-order chi connectivity index (χ1) is 7.81. The normalized spacial score (nSPS) is 25.9. The molecule has 0 aromatic heterocycles. The topological polar surface area (TPSA) is 15.3 Å². The molecule has 0 bridgehead atoms. The van der Waals surface area contributed by atoms with Crippen LogP contribution in [0.25, 0.3) is 0 Å². The minimum atomic E-state index is 0.652. The number of hydrogen-bond donors (Lipinski definition) is 1. The second-order valence-corrected chi connectivity index (χ2v) is 6.11. The van der Waals surface area contributed by atoms with Gasteiger partial charge in [0.2, 0.25) is 0 Å². The lowest BCUT2D eigenvalue weighted by Crippen LogP contribution is -2.27. The lowest BCUT2D eigenvalue weighted by Gasteiger charge is -2.16. The molecule has 3 rings (SSSR count). The molecule has 0 spiro atoms. The molecule has 3 heteroatoms. The number of nitrogens with one attached hydrogen (secondary N) is 1. The molecule has 1 saturated heterocycles. The van der Waals surface area contributed by atoms with Crippen molar-refractivity contribution in [3.63, 3.8) is 0 Å². The summed E-state index contributed by atoms with van der Waals surface area (Å²) >= 11 is 2.37. The van der Waals surface area contributed by atoms with Crippen molar-refractivity contribution < 1.29 is 0 Å². The number of rotatable bonds is 3. The Morgan fingerprint density at radius 2 is 2.12 bits per heavy atom. The lowest BCUT2D eigenvalue weighted by atomic mass is 10.2. The fourth-order valence-electron chi connectivity index (χ4n) is 2.49. The molecule has 1 aliphatic heterocycles. The van der Waals surface area contributed by atoms with Gasteiger partial charge in [-0.05, 0) is 60.1 Å². The third-order valence-corrected chi connectivity index (χ3v) is 4.15. The van der Waals surface area contributed by atoms with Crippen molar-refractivity contribution in [1.82, 2.24) is 4.90 Å². The molecule has 16 heavy (non-hydrogen) atoms. The zero-order chi connectivity index (χ0) is 11.0. The minimum Gasteiger partial charge on any atom is -0.381 e. The first-order valence-electron chi connectivity index (χ1n) is 6.07. The highest BCUT2D eigenvalue weighted by atomic mass is 127. The van der Waals surface area contributed by atoms with Gasteiger partial charge in [0.25, 0.3) is 0 Å². The van der Waals surface area contributed by atoms with E-state index in [9.17, 15) is 0 Å². The number of halogens is 1. The van der Waals surface area contributed by atoms with Crippen LogP contribution in [0.3, 0.4) is 0 Å². The Morgan fingerprint density at radius 3 is 2.88 bits per heavy atom. The quantitative estimate of drug-likeness (QED) is 0.859. The highest BCUT2D eigenvalue weighted by molar-refractivity contribution is 14.1. The Labute approximate surface area is 111 Å². The van der Waals surface area contributed by atoms with Crippen LogP contribution < -0.4 is 5.32 Å². The molecule has 1 atom stereocenters. The summed E-state index contributed by atoms with van der Waals surface area (Å²) in [7, 11) is 0. The standard InChI is InChI=1S/C13H17IN2/c14-10-2-1-3-11(8-10)15-12-6-7-16(9-12)13-4-5-13/h1-3,8,12-13,15H,4-7,9H2. The Bertz CT molecular complexity index is 376. The van der Waals surface area contributed by atoms with E-state index in [2.05, 4.69) is 57.1 Å². The van der Waals surface area contributed by atoms with Crippen LogP contribution in [0.15, 0.2) is 24.3 Å². The second-order valence-electron chi connectivity index (χ2n) is 4.87. The van der Waals surface area contributed by atoms with E-state index in [4.69, 9.17) is 0 Å². The van der Waals surface area contributed by atoms with Crippen LogP contribution in [-0.4, -0.2) is 30.1 Å². The summed E-state index contributed by atoms with van der Waals surface area (Å²) in [6.45, 7) is 2.52. The number of hydrogen-bond acceptors (Lipinski definition) is 2. The van der Waals surface area contributed by atoms with Gasteiger partial charge in [-0.3, -0.25) is 4.90 Å². The molecule has 2 aliphatic rings. The molecule has 2 fully saturated rings. The highest BCUT2D eigenvalue weighted by Gasteiger charge is 2.34. The van der Waals surface area contributed by atoms with Gasteiger partial charge >= 0.3 is 0 Å². The number of nitrogens with zero attached hydrogens (tertiary/aromatic N) is 1. The highest BCUT2D eigenvalue weighted by Crippen LogP contribution is 2.30. The zero-order valence-corrected chi connectivity index (χ0v) is 11.5. The van der Waals surface area contributed by atoms with Crippen molar-refractivity contribution in [2.45, 2.75) is 31.3 Å². The maximum Gasteiger partial charge on any atom is 0.0400 e. The summed E-state index contributed by atoms with van der Waals surface area (Å²) in [5, 5.41) is 3.65. The van der Waals surface area contributed by atoms with Crippen LogP contribution in [0.2, 0.25) is 0 Å². The van der Waals surface area contributed by atoms with Crippen LogP contribution >= 0.6 is 22.6 Å². The van der Waals surface area contributed by atoms with Crippen LogP contribution in [-0.2, 0) is 0 Å². The fourth-order valence-corrected chi connectivity index (χ4v) is 3.03. The van der Waals surface area contributed by atoms with Gasteiger partial charge < -0.3 is 5.32 Å². The summed E-state index contributed by atoms with van der Waals surface area (Å²) < 4.78 is 1.31. The average Bonchev–Trinajstić information content (AvgIpc) is 3.01. The maximum atomic E-state index is 3.65. The van der Waals surface area contributed by atoms with Crippen LogP contribution in [0.1, 0.15) is 19.3 Å². The van der Waals surface area contributed by atoms with E-state index in [1.807, 2.05) is 0 Å². The predicted octanol–water partition coefficient (Wildman–Crippen LogP) is 2.94. The van der Waals surface area contributed by atoms with Gasteiger partial charge in [-0.1, -0.05) is 6.07 Å². The van der Waals surface area contributed by atoms with Gasteiger partial charge in [0.15, 0.2) is 0 Å². The molecule has 0 radical (unpaired) electrons. The van der Waals surface area contributed by atoms with E-state index < -0.39 is 0 Å². The molecule has 1 heterocycles. The summed E-state index contributed by atoms with van der Waals surface area (Å²) in [5.74, 6) is 0. The van der Waals surface area contributed by atoms with Crippen molar-refractivity contribution in [2.75, 3.05) is 18.4 Å². The Hall–Kier alpha value is -0.290. The monoisotopic (exact) mass is 328 g/mol. The van der Waals surface area contributed by atoms with Gasteiger partial charge in [-0.25, -0.2) is 0 Å². The number of anilines is 1. The molecular weight excluding hydrogens is 311 g/mol. The SMILES string of the molecule is Ic1cccc(NC2CCN(C3CC3)C2)c1. The van der Waals surface area contributed by atoms with Gasteiger partial charge in [-0.2, -0.15) is 0 Å². The second kappa shape index (κ2) is 4.53. The van der Waals surface area contributed by atoms with Crippen molar-refractivity contribution >= 4 is 28.3 Å². The summed E-state index contributed by atoms with van der Waals surface area (Å²) in [5.41, 5.74) is 1.27. The van der Waals surface area contributed by atoms with E-state index in [0.717, 1.165) is 6.04 Å². The summed E-state index contributed by atoms with van der Waals surface area (Å²) in [6.07, 6.45) is 4.15. The Kier molecular flexibility index (Phi) is 3.07. The average molecular weight is 328 g/mol. The van der Waals surface area contributed by atoms with E-state index in [1.54, 1.807) is 0 Å². The molecule has 1 unspecified atom stereocenters. The van der Waals surface area contributed by atoms with Crippen LogP contribution in [0.5, 0.6) is 0 Å². The molecular formula is C13H17IN2. The zero-order valence-electron chi connectivity index (χ0n) is 9.32. The van der Waals surface area contributed by atoms with Gasteiger partial charge in [0.05, 0.1) is 0 Å². The lowest BCUT2D eigenvalue weighted by molar-refractivity contribution is 0.326. The first kappa shape index (κ1) is 10.8. The largest absolute Gasteiger partial charge is 0.381 e.